The Balaban J connectivity index is 1.97. The molecule has 0 saturated carbocycles. The summed E-state index contributed by atoms with van der Waals surface area (Å²) in [5.74, 6) is 0.809. The molecule has 10 heavy (non-hydrogen) atoms. The maximum atomic E-state index is 5.73. The van der Waals surface area contributed by atoms with E-state index in [-0.39, 0.29) is 0 Å². The van der Waals surface area contributed by atoms with Crippen LogP contribution < -0.4 is 5.32 Å². The quantitative estimate of drug-likeness (QED) is 0.538. The van der Waals surface area contributed by atoms with Gasteiger partial charge in [-0.1, -0.05) is 0 Å². The molecule has 0 radical (unpaired) electrons. The molecule has 0 bridgehead atoms. The zero-order valence-corrected chi connectivity index (χ0v) is 6.47. The molecule has 3 atom stereocenters. The second-order valence-corrected chi connectivity index (χ2v) is 3.47. The molecule has 2 rings (SSSR count). The number of hydrogen-bond donors (Lipinski definition) is 1. The van der Waals surface area contributed by atoms with Crippen LogP contribution in [0.2, 0.25) is 0 Å². The summed E-state index contributed by atoms with van der Waals surface area (Å²) in [6.07, 6.45) is 3.57. The highest BCUT2D eigenvalue weighted by atomic mass is 16.5. The minimum absolute atomic E-state index is 0.509. The van der Waals surface area contributed by atoms with Crippen molar-refractivity contribution in [3.63, 3.8) is 0 Å². The number of piperidine rings is 1. The van der Waals surface area contributed by atoms with E-state index in [0.717, 1.165) is 12.5 Å². The van der Waals surface area contributed by atoms with E-state index in [9.17, 15) is 0 Å². The summed E-state index contributed by atoms with van der Waals surface area (Å²) in [6, 6.07) is 0. The first-order chi connectivity index (χ1) is 4.86. The summed E-state index contributed by atoms with van der Waals surface area (Å²) in [5.41, 5.74) is 0. The van der Waals surface area contributed by atoms with Gasteiger partial charge in [0.25, 0.3) is 0 Å². The Kier molecular flexibility index (Phi) is 1.66. The van der Waals surface area contributed by atoms with Crippen molar-refractivity contribution in [1.82, 2.24) is 5.32 Å². The maximum Gasteiger partial charge on any atom is 0.0632 e. The third-order valence-electron chi connectivity index (χ3n) is 2.58. The lowest BCUT2D eigenvalue weighted by Gasteiger charge is -2.24. The Morgan fingerprint density at radius 1 is 1.50 bits per heavy atom. The van der Waals surface area contributed by atoms with Crippen LogP contribution in [0, 0.1) is 5.92 Å². The molecule has 2 heterocycles. The number of fused-ring (bicyclic) bond motifs is 1. The Labute approximate surface area is 61.9 Å². The Bertz CT molecular complexity index is 112. The van der Waals surface area contributed by atoms with Gasteiger partial charge in [-0.25, -0.2) is 0 Å². The normalized spacial score (nSPS) is 47.1. The van der Waals surface area contributed by atoms with Gasteiger partial charge < -0.3 is 10.1 Å². The van der Waals surface area contributed by atoms with Gasteiger partial charge in [-0.2, -0.15) is 0 Å². The smallest absolute Gasteiger partial charge is 0.0632 e. The van der Waals surface area contributed by atoms with Crippen LogP contribution in [0.5, 0.6) is 0 Å². The van der Waals surface area contributed by atoms with Crippen molar-refractivity contribution in [2.24, 2.45) is 5.92 Å². The fraction of sp³-hybridized carbons (Fsp3) is 1.00. The highest BCUT2D eigenvalue weighted by Gasteiger charge is 2.34. The third kappa shape index (κ3) is 1.06. The van der Waals surface area contributed by atoms with Crippen molar-refractivity contribution in [2.75, 3.05) is 13.1 Å². The predicted octanol–water partition coefficient (Wildman–Crippen LogP) is 0.773. The lowest BCUT2D eigenvalue weighted by atomic mass is 9.95. The molecule has 2 nitrogen and oxygen atoms in total. The first kappa shape index (κ1) is 6.62. The molecule has 0 aliphatic carbocycles. The number of nitrogens with one attached hydrogen (secondary N) is 1. The van der Waals surface area contributed by atoms with Crippen LogP contribution in [0.1, 0.15) is 19.8 Å². The average molecular weight is 141 g/mol. The van der Waals surface area contributed by atoms with Crippen LogP contribution in [0.15, 0.2) is 0 Å². The highest BCUT2D eigenvalue weighted by molar-refractivity contribution is 4.85. The molecule has 2 saturated heterocycles. The van der Waals surface area contributed by atoms with Gasteiger partial charge in [0.2, 0.25) is 0 Å². The molecular formula is C8H15NO. The fourth-order valence-electron chi connectivity index (χ4n) is 2.09. The number of hydrogen-bond acceptors (Lipinski definition) is 2. The van der Waals surface area contributed by atoms with E-state index in [1.165, 1.54) is 19.4 Å². The molecule has 2 heteroatoms. The van der Waals surface area contributed by atoms with Crippen LogP contribution in [0.4, 0.5) is 0 Å². The topological polar surface area (TPSA) is 21.3 Å². The Morgan fingerprint density at radius 3 is 3.20 bits per heavy atom. The van der Waals surface area contributed by atoms with Gasteiger partial charge >= 0.3 is 0 Å². The Morgan fingerprint density at radius 2 is 2.40 bits per heavy atom. The lowest BCUT2D eigenvalue weighted by molar-refractivity contribution is 0.0312. The molecule has 2 aliphatic heterocycles. The van der Waals surface area contributed by atoms with E-state index in [1.807, 2.05) is 0 Å². The zero-order chi connectivity index (χ0) is 6.97. The minimum atomic E-state index is 0.509. The average Bonchev–Trinajstić information content (AvgIpc) is 2.27. The van der Waals surface area contributed by atoms with Gasteiger partial charge in [0.05, 0.1) is 12.2 Å². The van der Waals surface area contributed by atoms with Crippen molar-refractivity contribution in [3.8, 4) is 0 Å². The summed E-state index contributed by atoms with van der Waals surface area (Å²) >= 11 is 0. The van der Waals surface area contributed by atoms with E-state index in [2.05, 4.69) is 12.2 Å². The molecule has 0 aromatic carbocycles. The summed E-state index contributed by atoms with van der Waals surface area (Å²) < 4.78 is 5.73. The zero-order valence-electron chi connectivity index (χ0n) is 6.47. The van der Waals surface area contributed by atoms with Crippen LogP contribution in [0.25, 0.3) is 0 Å². The summed E-state index contributed by atoms with van der Waals surface area (Å²) in [4.78, 5) is 0. The van der Waals surface area contributed by atoms with Gasteiger partial charge in [-0.15, -0.1) is 0 Å². The predicted molar refractivity (Wildman–Crippen MR) is 39.9 cm³/mol. The first-order valence-electron chi connectivity index (χ1n) is 4.22. The van der Waals surface area contributed by atoms with Crippen LogP contribution in [0.3, 0.4) is 0 Å². The van der Waals surface area contributed by atoms with Gasteiger partial charge in [0, 0.05) is 12.5 Å². The summed E-state index contributed by atoms with van der Waals surface area (Å²) in [7, 11) is 0. The molecule has 1 N–H and O–H groups in total. The van der Waals surface area contributed by atoms with Crippen molar-refractivity contribution in [2.45, 2.75) is 32.0 Å². The van der Waals surface area contributed by atoms with E-state index < -0.39 is 0 Å². The molecule has 0 amide bonds. The monoisotopic (exact) mass is 141 g/mol. The SMILES string of the molecule is C[C@H]1C[C@@H]2CNCC[C@@H]2O1. The molecular weight excluding hydrogens is 126 g/mol. The maximum absolute atomic E-state index is 5.73. The van der Waals surface area contributed by atoms with Crippen LogP contribution >= 0.6 is 0 Å². The first-order valence-corrected chi connectivity index (χ1v) is 4.22. The fourth-order valence-corrected chi connectivity index (χ4v) is 2.09. The standard InChI is InChI=1S/C8H15NO/c1-6-4-7-5-9-3-2-8(7)10-6/h6-9H,2-5H2,1H3/t6-,7+,8-/m0/s1. The van der Waals surface area contributed by atoms with E-state index >= 15 is 0 Å². The molecule has 2 aliphatic rings. The van der Waals surface area contributed by atoms with Crippen molar-refractivity contribution in [3.05, 3.63) is 0 Å². The van der Waals surface area contributed by atoms with Gasteiger partial charge in [-0.3, -0.25) is 0 Å². The molecule has 0 spiro atoms. The largest absolute Gasteiger partial charge is 0.375 e. The summed E-state index contributed by atoms with van der Waals surface area (Å²) in [6.45, 7) is 4.50. The second-order valence-electron chi connectivity index (χ2n) is 3.47. The van der Waals surface area contributed by atoms with Gasteiger partial charge in [0.15, 0.2) is 0 Å². The van der Waals surface area contributed by atoms with Crippen LogP contribution in [-0.2, 0) is 4.74 Å². The third-order valence-corrected chi connectivity index (χ3v) is 2.58. The highest BCUT2D eigenvalue weighted by Crippen LogP contribution is 2.29. The van der Waals surface area contributed by atoms with Gasteiger partial charge in [0.1, 0.15) is 0 Å². The Hall–Kier alpha value is -0.0800. The van der Waals surface area contributed by atoms with Crippen LogP contribution in [-0.4, -0.2) is 25.3 Å². The number of ether oxygens (including phenoxy) is 1. The van der Waals surface area contributed by atoms with Gasteiger partial charge in [-0.05, 0) is 26.3 Å². The van der Waals surface area contributed by atoms with E-state index in [4.69, 9.17) is 4.74 Å². The molecule has 2 fully saturated rings. The van der Waals surface area contributed by atoms with E-state index in [0.29, 0.717) is 12.2 Å². The molecule has 0 unspecified atom stereocenters. The second kappa shape index (κ2) is 2.51. The number of rotatable bonds is 0. The van der Waals surface area contributed by atoms with E-state index in [1.54, 1.807) is 0 Å². The van der Waals surface area contributed by atoms with Crippen molar-refractivity contribution < 1.29 is 4.74 Å². The molecule has 0 aromatic rings. The lowest BCUT2D eigenvalue weighted by Crippen LogP contribution is -2.37. The van der Waals surface area contributed by atoms with Crippen molar-refractivity contribution in [1.29, 1.82) is 0 Å². The van der Waals surface area contributed by atoms with Crippen molar-refractivity contribution >= 4 is 0 Å². The minimum Gasteiger partial charge on any atom is -0.375 e. The molecule has 58 valence electrons. The molecule has 0 aromatic heterocycles. The summed E-state index contributed by atoms with van der Waals surface area (Å²) in [5, 5.41) is 3.40.